The molecule has 152 valence electrons. The summed E-state index contributed by atoms with van der Waals surface area (Å²) in [6.07, 6.45) is 3.61. The van der Waals surface area contributed by atoms with Crippen LogP contribution in [-0.4, -0.2) is 52.8 Å². The van der Waals surface area contributed by atoms with E-state index in [1.165, 1.54) is 8.87 Å². The molecule has 3 heterocycles. The quantitative estimate of drug-likeness (QED) is 0.752. The van der Waals surface area contributed by atoms with E-state index in [0.717, 1.165) is 38.1 Å². The molecule has 0 amide bonds. The minimum atomic E-state index is -3.43. The van der Waals surface area contributed by atoms with E-state index in [1.54, 1.807) is 4.31 Å². The van der Waals surface area contributed by atoms with E-state index < -0.39 is 27.9 Å². The highest BCUT2D eigenvalue weighted by Crippen LogP contribution is 2.24. The van der Waals surface area contributed by atoms with Crippen LogP contribution >= 0.6 is 0 Å². The molecular formula is C17H26F2N4O3S. The third-order valence-corrected chi connectivity index (χ3v) is 7.41. The van der Waals surface area contributed by atoms with E-state index in [0.29, 0.717) is 45.6 Å². The molecule has 1 aromatic rings. The maximum absolute atomic E-state index is 12.8. The van der Waals surface area contributed by atoms with Crippen molar-refractivity contribution in [1.29, 1.82) is 0 Å². The van der Waals surface area contributed by atoms with Gasteiger partial charge in [0.2, 0.25) is 0 Å². The van der Waals surface area contributed by atoms with Crippen LogP contribution in [0.2, 0.25) is 0 Å². The smallest absolute Gasteiger partial charge is 0.281 e. The highest BCUT2D eigenvalue weighted by atomic mass is 32.2. The van der Waals surface area contributed by atoms with E-state index in [2.05, 4.69) is 4.98 Å². The SMILES string of the molecule is O=c1cc(C(F)F)ncn1CC1CCN(S(=O)(=O)N2CCCCCC2)CC1. The van der Waals surface area contributed by atoms with Crippen LogP contribution in [0.4, 0.5) is 8.78 Å². The normalized spacial score (nSPS) is 21.4. The number of halogens is 2. The average Bonchev–Trinajstić information content (AvgIpc) is 2.94. The molecule has 0 spiro atoms. The van der Waals surface area contributed by atoms with Crippen molar-refractivity contribution in [3.05, 3.63) is 28.4 Å². The molecule has 27 heavy (non-hydrogen) atoms. The minimum absolute atomic E-state index is 0.123. The highest BCUT2D eigenvalue weighted by molar-refractivity contribution is 7.86. The van der Waals surface area contributed by atoms with Gasteiger partial charge >= 0.3 is 0 Å². The van der Waals surface area contributed by atoms with Gasteiger partial charge in [-0.25, -0.2) is 13.8 Å². The summed E-state index contributed by atoms with van der Waals surface area (Å²) in [5.74, 6) is 0.123. The van der Waals surface area contributed by atoms with Gasteiger partial charge in [-0.3, -0.25) is 9.36 Å². The van der Waals surface area contributed by atoms with Crippen LogP contribution in [0.5, 0.6) is 0 Å². The second-order valence-electron chi connectivity index (χ2n) is 7.27. The van der Waals surface area contributed by atoms with Crippen molar-refractivity contribution < 1.29 is 17.2 Å². The van der Waals surface area contributed by atoms with Gasteiger partial charge in [0.1, 0.15) is 5.69 Å². The molecule has 2 aliphatic rings. The number of hydrogen-bond acceptors (Lipinski definition) is 4. The maximum Gasteiger partial charge on any atom is 0.281 e. The third-order valence-electron chi connectivity index (χ3n) is 5.37. The second kappa shape index (κ2) is 8.74. The summed E-state index contributed by atoms with van der Waals surface area (Å²) in [6.45, 7) is 2.37. The van der Waals surface area contributed by atoms with E-state index in [-0.39, 0.29) is 5.92 Å². The van der Waals surface area contributed by atoms with Gasteiger partial charge in [-0.2, -0.15) is 17.0 Å². The van der Waals surface area contributed by atoms with Gasteiger partial charge in [0.05, 0.1) is 6.33 Å². The zero-order valence-electron chi connectivity index (χ0n) is 15.3. The Balaban J connectivity index is 1.58. The topological polar surface area (TPSA) is 75.5 Å². The Morgan fingerprint density at radius 3 is 2.19 bits per heavy atom. The summed E-state index contributed by atoms with van der Waals surface area (Å²) < 4.78 is 55.3. The molecule has 0 bridgehead atoms. The predicted molar refractivity (Wildman–Crippen MR) is 96.7 cm³/mol. The molecule has 10 heteroatoms. The molecule has 1 aromatic heterocycles. The summed E-state index contributed by atoms with van der Waals surface area (Å²) in [5, 5.41) is 0. The highest BCUT2D eigenvalue weighted by Gasteiger charge is 2.33. The van der Waals surface area contributed by atoms with Gasteiger partial charge in [-0.05, 0) is 31.6 Å². The Kier molecular flexibility index (Phi) is 6.59. The lowest BCUT2D eigenvalue weighted by atomic mass is 9.98. The van der Waals surface area contributed by atoms with Crippen LogP contribution in [0, 0.1) is 5.92 Å². The van der Waals surface area contributed by atoms with Gasteiger partial charge in [0, 0.05) is 38.8 Å². The van der Waals surface area contributed by atoms with Crippen LogP contribution in [0.15, 0.2) is 17.2 Å². The van der Waals surface area contributed by atoms with Crippen molar-refractivity contribution in [3.8, 4) is 0 Å². The van der Waals surface area contributed by atoms with Crippen LogP contribution in [0.1, 0.15) is 50.6 Å². The van der Waals surface area contributed by atoms with Gasteiger partial charge in [0.15, 0.2) is 0 Å². The van der Waals surface area contributed by atoms with Crippen molar-refractivity contribution in [1.82, 2.24) is 18.2 Å². The van der Waals surface area contributed by atoms with Gasteiger partial charge in [-0.1, -0.05) is 12.8 Å². The van der Waals surface area contributed by atoms with Gasteiger partial charge in [0.25, 0.3) is 22.2 Å². The molecular weight excluding hydrogens is 378 g/mol. The van der Waals surface area contributed by atoms with Crippen molar-refractivity contribution in [2.45, 2.75) is 51.5 Å². The Morgan fingerprint density at radius 1 is 1.04 bits per heavy atom. The molecule has 0 atom stereocenters. The second-order valence-corrected chi connectivity index (χ2v) is 9.20. The molecule has 2 fully saturated rings. The number of hydrogen-bond donors (Lipinski definition) is 0. The fourth-order valence-electron chi connectivity index (χ4n) is 3.73. The zero-order valence-corrected chi connectivity index (χ0v) is 16.1. The summed E-state index contributed by atoms with van der Waals surface area (Å²) in [6, 6.07) is 0.865. The van der Waals surface area contributed by atoms with Crippen molar-refractivity contribution >= 4 is 10.2 Å². The molecule has 0 N–H and O–H groups in total. The fourth-order valence-corrected chi connectivity index (χ4v) is 5.45. The largest absolute Gasteiger partial charge is 0.299 e. The van der Waals surface area contributed by atoms with Crippen molar-refractivity contribution in [2.75, 3.05) is 26.2 Å². The number of alkyl halides is 2. The van der Waals surface area contributed by atoms with E-state index in [1.807, 2.05) is 0 Å². The van der Waals surface area contributed by atoms with E-state index in [4.69, 9.17) is 0 Å². The summed E-state index contributed by atoms with van der Waals surface area (Å²) in [4.78, 5) is 15.6. The number of nitrogens with zero attached hydrogens (tertiary/aromatic N) is 4. The summed E-state index contributed by atoms with van der Waals surface area (Å²) in [5.41, 5.74) is -1.02. The van der Waals surface area contributed by atoms with Crippen LogP contribution < -0.4 is 5.56 Å². The minimum Gasteiger partial charge on any atom is -0.299 e. The zero-order chi connectivity index (χ0) is 19.4. The van der Waals surface area contributed by atoms with Gasteiger partial charge < -0.3 is 0 Å². The van der Waals surface area contributed by atoms with E-state index in [9.17, 15) is 22.0 Å². The first-order valence-corrected chi connectivity index (χ1v) is 10.9. The first kappa shape index (κ1) is 20.3. The molecule has 7 nitrogen and oxygen atoms in total. The Hall–Kier alpha value is -1.39. The molecule has 0 unspecified atom stereocenters. The van der Waals surface area contributed by atoms with E-state index >= 15 is 0 Å². The lowest BCUT2D eigenvalue weighted by Gasteiger charge is -2.34. The Bertz CT molecular complexity index is 784. The standard InChI is InChI=1S/C17H26F2N4O3S/c18-17(19)15-11-16(24)21(13-20-15)12-14-5-9-23(10-6-14)27(25,26)22-7-3-1-2-4-8-22/h11,13-14,17H,1-10,12H2. The number of rotatable bonds is 5. The Labute approximate surface area is 158 Å². The first-order chi connectivity index (χ1) is 12.9. The monoisotopic (exact) mass is 404 g/mol. The lowest BCUT2D eigenvalue weighted by molar-refractivity contribution is 0.145. The molecule has 0 aliphatic carbocycles. The molecule has 0 aromatic carbocycles. The van der Waals surface area contributed by atoms with Crippen LogP contribution in [0.3, 0.4) is 0 Å². The van der Waals surface area contributed by atoms with Crippen LogP contribution in [0.25, 0.3) is 0 Å². The molecule has 0 saturated carbocycles. The lowest BCUT2D eigenvalue weighted by Crippen LogP contribution is -2.48. The fraction of sp³-hybridized carbons (Fsp3) is 0.765. The first-order valence-electron chi connectivity index (χ1n) is 9.47. The summed E-state index contributed by atoms with van der Waals surface area (Å²) >= 11 is 0. The predicted octanol–water partition coefficient (Wildman–Crippen LogP) is 2.01. The molecule has 3 rings (SSSR count). The molecule has 0 radical (unpaired) electrons. The molecule has 2 saturated heterocycles. The summed E-state index contributed by atoms with van der Waals surface area (Å²) in [7, 11) is -3.43. The maximum atomic E-state index is 12.8. The third kappa shape index (κ3) is 4.91. The van der Waals surface area contributed by atoms with Crippen molar-refractivity contribution in [3.63, 3.8) is 0 Å². The number of aromatic nitrogens is 2. The van der Waals surface area contributed by atoms with Crippen LogP contribution in [-0.2, 0) is 16.8 Å². The number of piperidine rings is 1. The van der Waals surface area contributed by atoms with Gasteiger partial charge in [-0.15, -0.1) is 0 Å². The average molecular weight is 404 g/mol. The Morgan fingerprint density at radius 2 is 1.63 bits per heavy atom. The van der Waals surface area contributed by atoms with Crippen molar-refractivity contribution in [2.24, 2.45) is 5.92 Å². The molecule has 2 aliphatic heterocycles.